The first-order valence-electron chi connectivity index (χ1n) is 4.74. The number of aliphatic hydroxyl groups excluding tert-OH is 1. The molecule has 1 atom stereocenters. The Morgan fingerprint density at radius 2 is 1.87 bits per heavy atom. The van der Waals surface area contributed by atoms with E-state index in [4.69, 9.17) is 0 Å². The maximum Gasteiger partial charge on any atom is 0.253 e. The average molecular weight is 211 g/mol. The molecule has 0 aromatic heterocycles. The highest BCUT2D eigenvalue weighted by molar-refractivity contribution is 5.82. The molecule has 0 heterocycles. The number of carbonyl (C=O) groups is 1. The second-order valence-corrected chi connectivity index (χ2v) is 3.62. The first kappa shape index (κ1) is 11.7. The zero-order valence-corrected chi connectivity index (χ0v) is 8.70. The molecule has 82 valence electrons. The van der Waals surface area contributed by atoms with Crippen LogP contribution in [0.1, 0.15) is 25.5 Å². The Kier molecular flexibility index (Phi) is 3.80. The van der Waals surface area contributed by atoms with Crippen LogP contribution in [0, 0.1) is 5.82 Å². The summed E-state index contributed by atoms with van der Waals surface area (Å²) in [6.45, 7) is 3.60. The molecule has 0 fully saturated rings. The van der Waals surface area contributed by atoms with Crippen molar-refractivity contribution < 1.29 is 14.3 Å². The molecule has 0 spiro atoms. The normalized spacial score (nSPS) is 12.6. The van der Waals surface area contributed by atoms with Gasteiger partial charge in [0.05, 0.1) is 0 Å². The van der Waals surface area contributed by atoms with Crippen LogP contribution >= 0.6 is 0 Å². The first-order chi connectivity index (χ1) is 7.00. The SMILES string of the molecule is CC(C)NC(=O)C(O)c1ccc(F)cc1. The number of carbonyl (C=O) groups excluding carboxylic acids is 1. The molecule has 1 unspecified atom stereocenters. The highest BCUT2D eigenvalue weighted by atomic mass is 19.1. The van der Waals surface area contributed by atoms with E-state index in [1.807, 2.05) is 0 Å². The Bertz CT molecular complexity index is 335. The second-order valence-electron chi connectivity index (χ2n) is 3.62. The van der Waals surface area contributed by atoms with Gasteiger partial charge in [0, 0.05) is 6.04 Å². The third-order valence-corrected chi connectivity index (χ3v) is 1.87. The van der Waals surface area contributed by atoms with Gasteiger partial charge in [0.15, 0.2) is 6.10 Å². The van der Waals surface area contributed by atoms with Crippen molar-refractivity contribution in [2.75, 3.05) is 0 Å². The van der Waals surface area contributed by atoms with Crippen LogP contribution in [0.5, 0.6) is 0 Å². The Hall–Kier alpha value is -1.42. The fourth-order valence-corrected chi connectivity index (χ4v) is 1.16. The fraction of sp³-hybridized carbons (Fsp3) is 0.364. The van der Waals surface area contributed by atoms with E-state index in [2.05, 4.69) is 5.32 Å². The summed E-state index contributed by atoms with van der Waals surface area (Å²) < 4.78 is 12.6. The van der Waals surface area contributed by atoms with Crippen molar-refractivity contribution in [1.82, 2.24) is 5.32 Å². The minimum absolute atomic E-state index is 0.0346. The summed E-state index contributed by atoms with van der Waals surface area (Å²) in [5.41, 5.74) is 0.384. The van der Waals surface area contributed by atoms with Gasteiger partial charge in [-0.1, -0.05) is 12.1 Å². The van der Waals surface area contributed by atoms with Crippen LogP contribution in [0.3, 0.4) is 0 Å². The minimum atomic E-state index is -1.24. The second kappa shape index (κ2) is 4.89. The third kappa shape index (κ3) is 3.32. The molecule has 0 aliphatic heterocycles. The fourth-order valence-electron chi connectivity index (χ4n) is 1.16. The highest BCUT2D eigenvalue weighted by Gasteiger charge is 2.17. The van der Waals surface area contributed by atoms with E-state index in [9.17, 15) is 14.3 Å². The maximum absolute atomic E-state index is 12.6. The van der Waals surface area contributed by atoms with E-state index in [-0.39, 0.29) is 6.04 Å². The lowest BCUT2D eigenvalue weighted by Gasteiger charge is -2.13. The molecule has 1 rings (SSSR count). The van der Waals surface area contributed by atoms with Gasteiger partial charge in [0.1, 0.15) is 5.82 Å². The molecule has 3 nitrogen and oxygen atoms in total. The molecule has 0 radical (unpaired) electrons. The lowest BCUT2D eigenvalue weighted by molar-refractivity contribution is -0.130. The van der Waals surface area contributed by atoms with E-state index >= 15 is 0 Å². The quantitative estimate of drug-likeness (QED) is 0.793. The number of halogens is 1. The molecule has 0 saturated carbocycles. The first-order valence-corrected chi connectivity index (χ1v) is 4.74. The number of hydrogen-bond donors (Lipinski definition) is 2. The molecule has 0 bridgehead atoms. The summed E-state index contributed by atoms with van der Waals surface area (Å²) in [5.74, 6) is -0.869. The summed E-state index contributed by atoms with van der Waals surface area (Å²) in [6, 6.07) is 5.16. The van der Waals surface area contributed by atoms with Crippen molar-refractivity contribution in [2.24, 2.45) is 0 Å². The summed E-state index contributed by atoms with van der Waals surface area (Å²) in [4.78, 5) is 11.4. The van der Waals surface area contributed by atoms with Gasteiger partial charge in [0.25, 0.3) is 5.91 Å². The number of rotatable bonds is 3. The number of benzene rings is 1. The molecule has 2 N–H and O–H groups in total. The van der Waals surface area contributed by atoms with Gasteiger partial charge in [-0.25, -0.2) is 4.39 Å². The molecule has 1 amide bonds. The lowest BCUT2D eigenvalue weighted by Crippen LogP contribution is -2.34. The largest absolute Gasteiger partial charge is 0.378 e. The summed E-state index contributed by atoms with van der Waals surface area (Å²) in [5, 5.41) is 12.2. The van der Waals surface area contributed by atoms with Crippen LogP contribution in [0.2, 0.25) is 0 Å². The van der Waals surface area contributed by atoms with Crippen LogP contribution in [-0.4, -0.2) is 17.1 Å². The van der Waals surface area contributed by atoms with Gasteiger partial charge >= 0.3 is 0 Å². The minimum Gasteiger partial charge on any atom is -0.378 e. The van der Waals surface area contributed by atoms with Crippen molar-refractivity contribution in [1.29, 1.82) is 0 Å². The van der Waals surface area contributed by atoms with E-state index in [0.717, 1.165) is 0 Å². The highest BCUT2D eigenvalue weighted by Crippen LogP contribution is 2.13. The van der Waals surface area contributed by atoms with Gasteiger partial charge in [-0.3, -0.25) is 4.79 Å². The summed E-state index contributed by atoms with van der Waals surface area (Å²) >= 11 is 0. The van der Waals surface area contributed by atoms with E-state index in [1.54, 1.807) is 13.8 Å². The third-order valence-electron chi connectivity index (χ3n) is 1.87. The Labute approximate surface area is 87.9 Å². The van der Waals surface area contributed by atoms with Crippen LogP contribution in [0.4, 0.5) is 4.39 Å². The van der Waals surface area contributed by atoms with Crippen LogP contribution in [-0.2, 0) is 4.79 Å². The number of nitrogens with one attached hydrogen (secondary N) is 1. The predicted octanol–water partition coefficient (Wildman–Crippen LogP) is 1.38. The van der Waals surface area contributed by atoms with Gasteiger partial charge < -0.3 is 10.4 Å². The van der Waals surface area contributed by atoms with Gasteiger partial charge in [0.2, 0.25) is 0 Å². The molecule has 1 aromatic rings. The van der Waals surface area contributed by atoms with Crippen molar-refractivity contribution in [3.8, 4) is 0 Å². The average Bonchev–Trinajstić information content (AvgIpc) is 2.17. The van der Waals surface area contributed by atoms with E-state index < -0.39 is 17.8 Å². The van der Waals surface area contributed by atoms with Crippen molar-refractivity contribution in [2.45, 2.75) is 26.0 Å². The monoisotopic (exact) mass is 211 g/mol. The molecular formula is C11H14FNO2. The van der Waals surface area contributed by atoms with Crippen LogP contribution < -0.4 is 5.32 Å². The standard InChI is InChI=1S/C11H14FNO2/c1-7(2)13-11(15)10(14)8-3-5-9(12)6-4-8/h3-7,10,14H,1-2H3,(H,13,15). The Morgan fingerprint density at radius 3 is 2.33 bits per heavy atom. The zero-order valence-electron chi connectivity index (χ0n) is 8.70. The topological polar surface area (TPSA) is 49.3 Å². The van der Waals surface area contributed by atoms with Crippen molar-refractivity contribution in [3.05, 3.63) is 35.6 Å². The Morgan fingerprint density at radius 1 is 1.33 bits per heavy atom. The lowest BCUT2D eigenvalue weighted by atomic mass is 10.1. The van der Waals surface area contributed by atoms with Crippen LogP contribution in [0.15, 0.2) is 24.3 Å². The molecule has 15 heavy (non-hydrogen) atoms. The summed E-state index contributed by atoms with van der Waals surface area (Å²) in [7, 11) is 0. The molecule has 4 heteroatoms. The molecule has 0 aliphatic carbocycles. The van der Waals surface area contributed by atoms with Crippen molar-refractivity contribution in [3.63, 3.8) is 0 Å². The van der Waals surface area contributed by atoms with Gasteiger partial charge in [-0.15, -0.1) is 0 Å². The number of amides is 1. The van der Waals surface area contributed by atoms with E-state index in [1.165, 1.54) is 24.3 Å². The van der Waals surface area contributed by atoms with E-state index in [0.29, 0.717) is 5.56 Å². The number of aliphatic hydroxyl groups is 1. The Balaban J connectivity index is 2.71. The zero-order chi connectivity index (χ0) is 11.4. The molecule has 0 aliphatic rings. The van der Waals surface area contributed by atoms with Gasteiger partial charge in [-0.2, -0.15) is 0 Å². The predicted molar refractivity (Wildman–Crippen MR) is 54.6 cm³/mol. The molecule has 0 saturated heterocycles. The smallest absolute Gasteiger partial charge is 0.253 e. The molecule has 1 aromatic carbocycles. The number of hydrogen-bond acceptors (Lipinski definition) is 2. The molecular weight excluding hydrogens is 197 g/mol. The maximum atomic E-state index is 12.6. The summed E-state index contributed by atoms with van der Waals surface area (Å²) in [6.07, 6.45) is -1.24. The van der Waals surface area contributed by atoms with Crippen molar-refractivity contribution >= 4 is 5.91 Å². The van der Waals surface area contributed by atoms with Gasteiger partial charge in [-0.05, 0) is 31.5 Å². The van der Waals surface area contributed by atoms with Crippen LogP contribution in [0.25, 0.3) is 0 Å².